The predicted octanol–water partition coefficient (Wildman–Crippen LogP) is 2.77. The lowest BCUT2D eigenvalue weighted by atomic mass is 9.90. The van der Waals surface area contributed by atoms with E-state index in [2.05, 4.69) is 19.2 Å². The van der Waals surface area contributed by atoms with Gasteiger partial charge in [0, 0.05) is 17.7 Å². The lowest BCUT2D eigenvalue weighted by Gasteiger charge is -2.22. The van der Waals surface area contributed by atoms with Crippen LogP contribution in [0.4, 0.5) is 5.69 Å². The first-order chi connectivity index (χ1) is 8.10. The van der Waals surface area contributed by atoms with Gasteiger partial charge in [-0.05, 0) is 26.3 Å². The standard InChI is InChI=1S/C13H20N2O2/c1-4-11(10(2)14-3)9-12-7-5-6-8-13(12)15(16)17/h5-8,10-11,14H,4,9H2,1-3H3. The summed E-state index contributed by atoms with van der Waals surface area (Å²) in [7, 11) is 1.92. The molecule has 2 unspecified atom stereocenters. The van der Waals surface area contributed by atoms with E-state index in [1.54, 1.807) is 12.1 Å². The van der Waals surface area contributed by atoms with Gasteiger partial charge in [0.25, 0.3) is 5.69 Å². The third-order valence-corrected chi connectivity index (χ3v) is 3.36. The highest BCUT2D eigenvalue weighted by molar-refractivity contribution is 5.40. The Kier molecular flexibility index (Phi) is 5.10. The lowest BCUT2D eigenvalue weighted by molar-refractivity contribution is -0.385. The molecule has 0 radical (unpaired) electrons. The van der Waals surface area contributed by atoms with Crippen molar-refractivity contribution in [3.05, 3.63) is 39.9 Å². The molecule has 1 aromatic carbocycles. The Hall–Kier alpha value is -1.42. The van der Waals surface area contributed by atoms with Crippen LogP contribution in [-0.4, -0.2) is 18.0 Å². The molecule has 0 saturated carbocycles. The highest BCUT2D eigenvalue weighted by atomic mass is 16.6. The van der Waals surface area contributed by atoms with E-state index in [1.165, 1.54) is 0 Å². The second-order valence-electron chi connectivity index (χ2n) is 4.34. The number of nitrogens with one attached hydrogen (secondary N) is 1. The Balaban J connectivity index is 2.89. The van der Waals surface area contributed by atoms with Crippen LogP contribution in [0.1, 0.15) is 25.8 Å². The van der Waals surface area contributed by atoms with Crippen LogP contribution in [0, 0.1) is 16.0 Å². The first-order valence-electron chi connectivity index (χ1n) is 5.99. The van der Waals surface area contributed by atoms with Crippen molar-refractivity contribution in [2.24, 2.45) is 5.92 Å². The average molecular weight is 236 g/mol. The quantitative estimate of drug-likeness (QED) is 0.610. The van der Waals surface area contributed by atoms with E-state index in [4.69, 9.17) is 0 Å². The van der Waals surface area contributed by atoms with Gasteiger partial charge in [0.05, 0.1) is 4.92 Å². The minimum atomic E-state index is -0.300. The van der Waals surface area contributed by atoms with Gasteiger partial charge in [0.1, 0.15) is 0 Å². The molecule has 94 valence electrons. The lowest BCUT2D eigenvalue weighted by Crippen LogP contribution is -2.31. The number of rotatable bonds is 6. The van der Waals surface area contributed by atoms with Gasteiger partial charge in [-0.3, -0.25) is 10.1 Å². The van der Waals surface area contributed by atoms with Crippen molar-refractivity contribution in [3.8, 4) is 0 Å². The summed E-state index contributed by atoms with van der Waals surface area (Å²) in [6, 6.07) is 7.36. The monoisotopic (exact) mass is 236 g/mol. The van der Waals surface area contributed by atoms with Crippen molar-refractivity contribution in [1.29, 1.82) is 0 Å². The molecule has 0 bridgehead atoms. The maximum Gasteiger partial charge on any atom is 0.272 e. The molecule has 1 rings (SSSR count). The zero-order valence-corrected chi connectivity index (χ0v) is 10.6. The smallest absolute Gasteiger partial charge is 0.272 e. The van der Waals surface area contributed by atoms with Gasteiger partial charge in [-0.15, -0.1) is 0 Å². The van der Waals surface area contributed by atoms with Gasteiger partial charge in [-0.1, -0.05) is 31.5 Å². The molecule has 4 nitrogen and oxygen atoms in total. The predicted molar refractivity (Wildman–Crippen MR) is 69.1 cm³/mol. The molecule has 0 heterocycles. The second-order valence-corrected chi connectivity index (χ2v) is 4.34. The molecule has 0 aliphatic carbocycles. The van der Waals surface area contributed by atoms with E-state index in [9.17, 15) is 10.1 Å². The van der Waals surface area contributed by atoms with Crippen LogP contribution >= 0.6 is 0 Å². The van der Waals surface area contributed by atoms with Gasteiger partial charge in [-0.25, -0.2) is 0 Å². The fraction of sp³-hybridized carbons (Fsp3) is 0.538. The topological polar surface area (TPSA) is 55.2 Å². The second kappa shape index (κ2) is 6.35. The van der Waals surface area contributed by atoms with Crippen LogP contribution in [0.5, 0.6) is 0 Å². The van der Waals surface area contributed by atoms with Crippen molar-refractivity contribution in [2.75, 3.05) is 7.05 Å². The summed E-state index contributed by atoms with van der Waals surface area (Å²) in [6.07, 6.45) is 1.75. The molecule has 1 aromatic rings. The molecule has 0 aliphatic rings. The SMILES string of the molecule is CCC(Cc1ccccc1[N+](=O)[O-])C(C)NC. The number of benzene rings is 1. The Morgan fingerprint density at radius 3 is 2.59 bits per heavy atom. The Morgan fingerprint density at radius 2 is 2.06 bits per heavy atom. The Bertz CT molecular complexity index is 379. The molecule has 0 fully saturated rings. The van der Waals surface area contributed by atoms with Crippen molar-refractivity contribution >= 4 is 5.69 Å². The molecule has 4 heteroatoms. The summed E-state index contributed by atoms with van der Waals surface area (Å²) < 4.78 is 0. The molecular formula is C13H20N2O2. The number of hydrogen-bond donors (Lipinski definition) is 1. The fourth-order valence-corrected chi connectivity index (χ4v) is 2.05. The summed E-state index contributed by atoms with van der Waals surface area (Å²) in [6.45, 7) is 4.23. The van der Waals surface area contributed by atoms with Crippen molar-refractivity contribution in [2.45, 2.75) is 32.7 Å². The number of nitro groups is 1. The average Bonchev–Trinajstić information content (AvgIpc) is 2.35. The van der Waals surface area contributed by atoms with Crippen molar-refractivity contribution < 1.29 is 4.92 Å². The normalized spacial score (nSPS) is 14.3. The number of nitro benzene ring substituents is 1. The molecule has 0 spiro atoms. The summed E-state index contributed by atoms with van der Waals surface area (Å²) >= 11 is 0. The Labute approximate surface area is 102 Å². The number of nitrogens with zero attached hydrogens (tertiary/aromatic N) is 1. The first-order valence-corrected chi connectivity index (χ1v) is 5.99. The molecule has 1 N–H and O–H groups in total. The van der Waals surface area contributed by atoms with E-state index in [0.29, 0.717) is 12.0 Å². The summed E-state index contributed by atoms with van der Waals surface area (Å²) in [4.78, 5) is 10.6. The van der Waals surface area contributed by atoms with Crippen LogP contribution in [0.2, 0.25) is 0 Å². The van der Waals surface area contributed by atoms with E-state index in [1.807, 2.05) is 19.2 Å². The van der Waals surface area contributed by atoms with E-state index in [-0.39, 0.29) is 10.6 Å². The first kappa shape index (κ1) is 13.6. The zero-order chi connectivity index (χ0) is 12.8. The maximum absolute atomic E-state index is 10.9. The summed E-state index contributed by atoms with van der Waals surface area (Å²) in [5, 5.41) is 14.1. The van der Waals surface area contributed by atoms with Gasteiger partial charge < -0.3 is 5.32 Å². The van der Waals surface area contributed by atoms with Crippen LogP contribution in [-0.2, 0) is 6.42 Å². The van der Waals surface area contributed by atoms with Gasteiger partial charge in [0.15, 0.2) is 0 Å². The highest BCUT2D eigenvalue weighted by Crippen LogP contribution is 2.23. The number of hydrogen-bond acceptors (Lipinski definition) is 3. The van der Waals surface area contributed by atoms with E-state index >= 15 is 0 Å². The van der Waals surface area contributed by atoms with Crippen LogP contribution in [0.3, 0.4) is 0 Å². The van der Waals surface area contributed by atoms with E-state index < -0.39 is 0 Å². The summed E-state index contributed by atoms with van der Waals surface area (Å²) in [5.74, 6) is 0.418. The van der Waals surface area contributed by atoms with Gasteiger partial charge in [0.2, 0.25) is 0 Å². The summed E-state index contributed by atoms with van der Waals surface area (Å²) in [5.41, 5.74) is 1.06. The largest absolute Gasteiger partial charge is 0.317 e. The molecule has 0 saturated heterocycles. The minimum absolute atomic E-state index is 0.231. The van der Waals surface area contributed by atoms with Gasteiger partial charge >= 0.3 is 0 Å². The third kappa shape index (κ3) is 3.53. The van der Waals surface area contributed by atoms with Gasteiger partial charge in [-0.2, -0.15) is 0 Å². The zero-order valence-electron chi connectivity index (χ0n) is 10.6. The van der Waals surface area contributed by atoms with Crippen LogP contribution < -0.4 is 5.32 Å². The minimum Gasteiger partial charge on any atom is -0.317 e. The molecular weight excluding hydrogens is 216 g/mol. The van der Waals surface area contributed by atoms with Crippen LogP contribution in [0.25, 0.3) is 0 Å². The molecule has 0 aromatic heterocycles. The van der Waals surface area contributed by atoms with E-state index in [0.717, 1.165) is 18.4 Å². The Morgan fingerprint density at radius 1 is 1.41 bits per heavy atom. The van der Waals surface area contributed by atoms with Crippen LogP contribution in [0.15, 0.2) is 24.3 Å². The molecule has 2 atom stereocenters. The maximum atomic E-state index is 10.9. The fourth-order valence-electron chi connectivity index (χ4n) is 2.05. The molecule has 17 heavy (non-hydrogen) atoms. The third-order valence-electron chi connectivity index (χ3n) is 3.36. The molecule has 0 amide bonds. The number of para-hydroxylation sites is 1. The van der Waals surface area contributed by atoms with Crippen molar-refractivity contribution in [1.82, 2.24) is 5.32 Å². The highest BCUT2D eigenvalue weighted by Gasteiger charge is 2.19. The molecule has 0 aliphatic heterocycles. The van der Waals surface area contributed by atoms with Crippen molar-refractivity contribution in [3.63, 3.8) is 0 Å².